The van der Waals surface area contributed by atoms with E-state index in [1.807, 2.05) is 42.7 Å². The van der Waals surface area contributed by atoms with Crippen LogP contribution >= 0.6 is 27.7 Å². The minimum absolute atomic E-state index is 0.122. The molecule has 2 aromatic heterocycles. The average molecular weight is 388 g/mol. The summed E-state index contributed by atoms with van der Waals surface area (Å²) in [6.45, 7) is 0. The summed E-state index contributed by atoms with van der Waals surface area (Å²) in [5.41, 5.74) is 2.82. The van der Waals surface area contributed by atoms with Crippen LogP contribution in [0.5, 0.6) is 0 Å². The molecule has 0 amide bonds. The number of nitrogens with zero attached hydrogens (tertiary/aromatic N) is 1. The molecule has 0 spiro atoms. The Labute approximate surface area is 146 Å². The Kier molecular flexibility index (Phi) is 3.97. The second-order valence-corrected chi connectivity index (χ2v) is 7.53. The highest BCUT2D eigenvalue weighted by Gasteiger charge is 2.32. The maximum absolute atomic E-state index is 12.9. The molecule has 1 saturated heterocycles. The van der Waals surface area contributed by atoms with Crippen molar-refractivity contribution in [3.63, 3.8) is 0 Å². The molecule has 1 aromatic carbocycles. The van der Waals surface area contributed by atoms with E-state index in [0.717, 1.165) is 32.3 Å². The number of nitrogens with one attached hydrogen (secondary N) is 2. The predicted molar refractivity (Wildman–Crippen MR) is 96.7 cm³/mol. The molecule has 0 aliphatic carbocycles. The number of Topliss-reactive ketones (excluding diaryl/α,β-unsaturated/α-hetero) is 1. The molecule has 4 rings (SSSR count). The van der Waals surface area contributed by atoms with Gasteiger partial charge in [0.05, 0.1) is 11.4 Å². The van der Waals surface area contributed by atoms with Gasteiger partial charge in [0.1, 0.15) is 0 Å². The van der Waals surface area contributed by atoms with Crippen LogP contribution in [-0.4, -0.2) is 27.5 Å². The maximum Gasteiger partial charge on any atom is 0.182 e. The molecule has 3 heterocycles. The number of halogens is 1. The van der Waals surface area contributed by atoms with Crippen molar-refractivity contribution in [3.05, 3.63) is 64.5 Å². The summed E-state index contributed by atoms with van der Waals surface area (Å²) < 4.78 is 0.997. The number of hydrogen-bond donors (Lipinski definition) is 2. The Morgan fingerprint density at radius 3 is 3.09 bits per heavy atom. The molecule has 2 N–H and O–H groups in total. The van der Waals surface area contributed by atoms with Gasteiger partial charge in [-0.15, -0.1) is 11.8 Å². The molecule has 1 fully saturated rings. The highest BCUT2D eigenvalue weighted by molar-refractivity contribution is 9.10. The van der Waals surface area contributed by atoms with Crippen LogP contribution < -0.4 is 5.32 Å². The molecule has 3 aromatic rings. The third kappa shape index (κ3) is 2.82. The minimum atomic E-state index is -0.173. The Bertz CT molecular complexity index is 865. The first kappa shape index (κ1) is 14.9. The fourth-order valence-corrected chi connectivity index (χ4v) is 4.42. The number of ketones is 1. The first-order chi connectivity index (χ1) is 11.2. The second kappa shape index (κ2) is 6.11. The van der Waals surface area contributed by atoms with Gasteiger partial charge in [0.15, 0.2) is 5.78 Å². The highest BCUT2D eigenvalue weighted by Crippen LogP contribution is 2.34. The molecule has 1 aliphatic heterocycles. The van der Waals surface area contributed by atoms with Crippen molar-refractivity contribution in [3.8, 4) is 0 Å². The van der Waals surface area contributed by atoms with E-state index in [4.69, 9.17) is 0 Å². The highest BCUT2D eigenvalue weighted by atomic mass is 79.9. The van der Waals surface area contributed by atoms with Gasteiger partial charge in [0.2, 0.25) is 0 Å². The monoisotopic (exact) mass is 387 g/mol. The zero-order valence-corrected chi connectivity index (χ0v) is 14.5. The molecule has 4 nitrogen and oxygen atoms in total. The van der Waals surface area contributed by atoms with Gasteiger partial charge >= 0.3 is 0 Å². The second-order valence-electron chi connectivity index (χ2n) is 5.48. The van der Waals surface area contributed by atoms with Crippen LogP contribution in [0.2, 0.25) is 0 Å². The number of pyridine rings is 1. The van der Waals surface area contributed by atoms with Gasteiger partial charge in [0, 0.05) is 45.3 Å². The smallest absolute Gasteiger partial charge is 0.182 e. The van der Waals surface area contributed by atoms with E-state index in [0.29, 0.717) is 0 Å². The number of aromatic nitrogens is 2. The molecular formula is C17H14BrN3OS. The van der Waals surface area contributed by atoms with Crippen molar-refractivity contribution in [2.75, 3.05) is 5.75 Å². The number of benzene rings is 1. The molecule has 0 saturated carbocycles. The van der Waals surface area contributed by atoms with E-state index < -0.39 is 0 Å². The van der Waals surface area contributed by atoms with Crippen molar-refractivity contribution in [1.82, 2.24) is 15.3 Å². The van der Waals surface area contributed by atoms with Crippen LogP contribution in [0.25, 0.3) is 10.9 Å². The number of carbonyl (C=O) groups excluding carboxylic acids is 1. The molecule has 2 atom stereocenters. The normalized spacial score (nSPS) is 20.9. The largest absolute Gasteiger partial charge is 0.360 e. The van der Waals surface area contributed by atoms with Crippen LogP contribution in [0.4, 0.5) is 0 Å². The fourth-order valence-electron chi connectivity index (χ4n) is 2.84. The summed E-state index contributed by atoms with van der Waals surface area (Å²) >= 11 is 5.20. The zero-order valence-electron chi connectivity index (χ0n) is 12.1. The van der Waals surface area contributed by atoms with Crippen LogP contribution in [0, 0.1) is 0 Å². The summed E-state index contributed by atoms with van der Waals surface area (Å²) in [6, 6.07) is 9.71. The summed E-state index contributed by atoms with van der Waals surface area (Å²) in [5, 5.41) is 4.51. The molecular weight excluding hydrogens is 374 g/mol. The Morgan fingerprint density at radius 1 is 1.35 bits per heavy atom. The summed E-state index contributed by atoms with van der Waals surface area (Å²) in [7, 11) is 0. The summed E-state index contributed by atoms with van der Waals surface area (Å²) in [5.74, 6) is 0.902. The molecule has 23 heavy (non-hydrogen) atoms. The van der Waals surface area contributed by atoms with Gasteiger partial charge in [-0.2, -0.15) is 0 Å². The lowest BCUT2D eigenvalue weighted by molar-refractivity contribution is 0.0957. The Hall–Kier alpha value is -1.63. The predicted octanol–water partition coefficient (Wildman–Crippen LogP) is 3.91. The molecule has 1 aliphatic rings. The number of hydrogen-bond acceptors (Lipinski definition) is 4. The zero-order chi connectivity index (χ0) is 15.8. The SMILES string of the molecule is O=C(c1c[nH]c2cc(Br)ccc12)[C@@H]1CS[C@@H](c2cccnc2)N1. The van der Waals surface area contributed by atoms with Gasteiger partial charge in [-0.1, -0.05) is 28.1 Å². The molecule has 0 unspecified atom stereocenters. The molecule has 116 valence electrons. The molecule has 0 bridgehead atoms. The quantitative estimate of drug-likeness (QED) is 0.668. The number of fused-ring (bicyclic) bond motifs is 1. The van der Waals surface area contributed by atoms with Crippen molar-refractivity contribution in [2.45, 2.75) is 11.4 Å². The Balaban J connectivity index is 1.57. The number of thioether (sulfide) groups is 1. The first-order valence-corrected chi connectivity index (χ1v) is 9.15. The van der Waals surface area contributed by atoms with E-state index in [1.54, 1.807) is 18.0 Å². The van der Waals surface area contributed by atoms with Crippen molar-refractivity contribution < 1.29 is 4.79 Å². The van der Waals surface area contributed by atoms with Crippen LogP contribution in [0.3, 0.4) is 0 Å². The maximum atomic E-state index is 12.9. The van der Waals surface area contributed by atoms with E-state index in [2.05, 4.69) is 31.2 Å². The lowest BCUT2D eigenvalue weighted by Gasteiger charge is -2.12. The fraction of sp³-hybridized carbons (Fsp3) is 0.176. The van der Waals surface area contributed by atoms with Crippen LogP contribution in [-0.2, 0) is 0 Å². The third-order valence-electron chi connectivity index (χ3n) is 4.00. The van der Waals surface area contributed by atoms with Gasteiger partial charge in [0.25, 0.3) is 0 Å². The topological polar surface area (TPSA) is 57.8 Å². The van der Waals surface area contributed by atoms with E-state index in [9.17, 15) is 4.79 Å². The van der Waals surface area contributed by atoms with Crippen molar-refractivity contribution in [1.29, 1.82) is 0 Å². The standard InChI is InChI=1S/C17H14BrN3OS/c18-11-3-4-12-13(8-20-14(12)6-11)16(22)15-9-23-17(21-15)10-2-1-5-19-7-10/h1-8,15,17,20-21H,9H2/t15-,17-/m0/s1. The molecule has 6 heteroatoms. The van der Waals surface area contributed by atoms with Gasteiger partial charge in [-0.25, -0.2) is 0 Å². The number of aromatic amines is 1. The van der Waals surface area contributed by atoms with E-state index in [1.165, 1.54) is 0 Å². The number of rotatable bonds is 3. The lowest BCUT2D eigenvalue weighted by atomic mass is 10.0. The number of H-pyrrole nitrogens is 1. The first-order valence-electron chi connectivity index (χ1n) is 7.31. The lowest BCUT2D eigenvalue weighted by Crippen LogP contribution is -2.34. The van der Waals surface area contributed by atoms with Crippen molar-refractivity contribution >= 4 is 44.4 Å². The third-order valence-corrected chi connectivity index (χ3v) is 5.76. The average Bonchev–Trinajstić information content (AvgIpc) is 3.22. The van der Waals surface area contributed by atoms with Gasteiger partial charge < -0.3 is 4.98 Å². The van der Waals surface area contributed by atoms with Gasteiger partial charge in [-0.05, 0) is 23.8 Å². The van der Waals surface area contributed by atoms with Crippen LogP contribution in [0.1, 0.15) is 21.3 Å². The summed E-state index contributed by atoms with van der Waals surface area (Å²) in [4.78, 5) is 20.2. The van der Waals surface area contributed by atoms with Crippen LogP contribution in [0.15, 0.2) is 53.4 Å². The van der Waals surface area contributed by atoms with Crippen molar-refractivity contribution in [2.24, 2.45) is 0 Å². The summed E-state index contributed by atoms with van der Waals surface area (Å²) in [6.07, 6.45) is 5.42. The van der Waals surface area contributed by atoms with Gasteiger partial charge in [-0.3, -0.25) is 15.1 Å². The van der Waals surface area contributed by atoms with E-state index in [-0.39, 0.29) is 17.2 Å². The number of carbonyl (C=O) groups is 1. The van der Waals surface area contributed by atoms with E-state index >= 15 is 0 Å². The minimum Gasteiger partial charge on any atom is -0.360 e. The Morgan fingerprint density at radius 2 is 2.26 bits per heavy atom. The molecule has 0 radical (unpaired) electrons.